The summed E-state index contributed by atoms with van der Waals surface area (Å²) in [6, 6.07) is 25.0. The smallest absolute Gasteiger partial charge is 0.127 e. The van der Waals surface area contributed by atoms with Crippen LogP contribution in [0.4, 0.5) is 0 Å². The molecule has 0 saturated carbocycles. The number of fused-ring (bicyclic) bond motifs is 4. The third-order valence-electron chi connectivity index (χ3n) is 4.97. The molecule has 0 spiro atoms. The third kappa shape index (κ3) is 2.51. The average molecular weight is 326 g/mol. The van der Waals surface area contributed by atoms with E-state index in [0.717, 1.165) is 17.9 Å². The highest BCUT2D eigenvalue weighted by atomic mass is 16.5. The second kappa shape index (κ2) is 5.82. The zero-order valence-electron chi connectivity index (χ0n) is 13.9. The predicted molar refractivity (Wildman–Crippen MR) is 99.7 cm³/mol. The Hall–Kier alpha value is -3.00. The van der Waals surface area contributed by atoms with E-state index in [4.69, 9.17) is 9.47 Å². The first-order valence-corrected chi connectivity index (χ1v) is 8.63. The van der Waals surface area contributed by atoms with Gasteiger partial charge in [-0.15, -0.1) is 0 Å². The number of benzene rings is 3. The molecule has 2 heteroatoms. The van der Waals surface area contributed by atoms with E-state index < -0.39 is 0 Å². The number of para-hydroxylation sites is 1. The third-order valence-corrected chi connectivity index (χ3v) is 4.97. The zero-order chi connectivity index (χ0) is 16.6. The van der Waals surface area contributed by atoms with Gasteiger partial charge < -0.3 is 9.47 Å². The SMILES string of the molecule is c1ccc(COc2ccc3c(c2)C2=C(C3)c3ccccc3OC2)cc1. The summed E-state index contributed by atoms with van der Waals surface area (Å²) in [5.74, 6) is 1.91. The van der Waals surface area contributed by atoms with E-state index >= 15 is 0 Å². The number of rotatable bonds is 3. The van der Waals surface area contributed by atoms with Crippen molar-refractivity contribution in [1.82, 2.24) is 0 Å². The van der Waals surface area contributed by atoms with Gasteiger partial charge in [0.25, 0.3) is 0 Å². The average Bonchev–Trinajstić information content (AvgIpc) is 3.05. The Labute approximate surface area is 147 Å². The van der Waals surface area contributed by atoms with Crippen LogP contribution in [0.15, 0.2) is 72.8 Å². The van der Waals surface area contributed by atoms with Crippen molar-refractivity contribution < 1.29 is 9.47 Å². The van der Waals surface area contributed by atoms with E-state index in [2.05, 4.69) is 48.5 Å². The lowest BCUT2D eigenvalue weighted by molar-refractivity contribution is 0.306. The topological polar surface area (TPSA) is 18.5 Å². The van der Waals surface area contributed by atoms with Crippen molar-refractivity contribution in [3.05, 3.63) is 95.1 Å². The molecule has 0 fully saturated rings. The molecule has 0 amide bonds. The molecular weight excluding hydrogens is 308 g/mol. The maximum atomic E-state index is 6.00. The fraction of sp³-hybridized carbons (Fsp3) is 0.130. The summed E-state index contributed by atoms with van der Waals surface area (Å²) in [4.78, 5) is 0. The van der Waals surface area contributed by atoms with Crippen LogP contribution in [0, 0.1) is 0 Å². The largest absolute Gasteiger partial charge is 0.489 e. The lowest BCUT2D eigenvalue weighted by Gasteiger charge is -2.20. The monoisotopic (exact) mass is 326 g/mol. The Morgan fingerprint density at radius 2 is 1.64 bits per heavy atom. The molecule has 3 aromatic carbocycles. The van der Waals surface area contributed by atoms with Gasteiger partial charge in [-0.25, -0.2) is 0 Å². The minimum absolute atomic E-state index is 0.588. The fourth-order valence-electron chi connectivity index (χ4n) is 3.70. The van der Waals surface area contributed by atoms with Crippen molar-refractivity contribution in [1.29, 1.82) is 0 Å². The Morgan fingerprint density at radius 3 is 2.56 bits per heavy atom. The first kappa shape index (κ1) is 14.4. The van der Waals surface area contributed by atoms with Crippen LogP contribution in [0.5, 0.6) is 11.5 Å². The normalized spacial score (nSPS) is 14.4. The van der Waals surface area contributed by atoms with Crippen LogP contribution >= 0.6 is 0 Å². The van der Waals surface area contributed by atoms with Gasteiger partial charge in [-0.1, -0.05) is 54.6 Å². The van der Waals surface area contributed by atoms with Gasteiger partial charge in [0, 0.05) is 11.1 Å². The molecule has 0 aromatic heterocycles. The van der Waals surface area contributed by atoms with E-state index in [0.29, 0.717) is 13.2 Å². The second-order valence-electron chi connectivity index (χ2n) is 6.51. The van der Waals surface area contributed by atoms with Gasteiger partial charge in [0.15, 0.2) is 0 Å². The predicted octanol–water partition coefficient (Wildman–Crippen LogP) is 5.12. The minimum atomic E-state index is 0.588. The van der Waals surface area contributed by atoms with Gasteiger partial charge in [0.2, 0.25) is 0 Å². The summed E-state index contributed by atoms with van der Waals surface area (Å²) >= 11 is 0. The van der Waals surface area contributed by atoms with Gasteiger partial charge in [0.05, 0.1) is 0 Å². The van der Waals surface area contributed by atoms with E-state index in [1.165, 1.54) is 33.4 Å². The van der Waals surface area contributed by atoms with Gasteiger partial charge in [-0.3, -0.25) is 0 Å². The van der Waals surface area contributed by atoms with E-state index in [9.17, 15) is 0 Å². The van der Waals surface area contributed by atoms with Crippen molar-refractivity contribution in [2.45, 2.75) is 13.0 Å². The summed E-state index contributed by atoms with van der Waals surface area (Å²) in [5, 5.41) is 0. The Kier molecular flexibility index (Phi) is 3.34. The van der Waals surface area contributed by atoms with E-state index in [1.807, 2.05) is 24.3 Å². The van der Waals surface area contributed by atoms with Gasteiger partial charge in [0.1, 0.15) is 24.7 Å². The van der Waals surface area contributed by atoms with Crippen LogP contribution in [0.1, 0.15) is 22.3 Å². The minimum Gasteiger partial charge on any atom is -0.489 e. The molecule has 0 atom stereocenters. The van der Waals surface area contributed by atoms with Crippen molar-refractivity contribution in [3.63, 3.8) is 0 Å². The Bertz CT molecular complexity index is 970. The first-order valence-electron chi connectivity index (χ1n) is 8.63. The molecule has 0 bridgehead atoms. The molecule has 2 nitrogen and oxygen atoms in total. The highest BCUT2D eigenvalue weighted by Crippen LogP contribution is 2.45. The number of ether oxygens (including phenoxy) is 2. The molecule has 0 N–H and O–H groups in total. The molecule has 25 heavy (non-hydrogen) atoms. The highest BCUT2D eigenvalue weighted by molar-refractivity contribution is 6.00. The molecule has 1 heterocycles. The van der Waals surface area contributed by atoms with Crippen molar-refractivity contribution in [2.24, 2.45) is 0 Å². The maximum Gasteiger partial charge on any atom is 0.127 e. The molecule has 5 rings (SSSR count). The van der Waals surface area contributed by atoms with E-state index in [-0.39, 0.29) is 0 Å². The van der Waals surface area contributed by atoms with Crippen LogP contribution < -0.4 is 9.47 Å². The van der Waals surface area contributed by atoms with Crippen molar-refractivity contribution in [2.75, 3.05) is 6.61 Å². The van der Waals surface area contributed by atoms with E-state index in [1.54, 1.807) is 0 Å². The molecule has 122 valence electrons. The fourth-order valence-corrected chi connectivity index (χ4v) is 3.70. The summed E-state index contributed by atoms with van der Waals surface area (Å²) in [5.41, 5.74) is 7.74. The Morgan fingerprint density at radius 1 is 0.800 bits per heavy atom. The summed E-state index contributed by atoms with van der Waals surface area (Å²) < 4.78 is 12.0. The van der Waals surface area contributed by atoms with Crippen LogP contribution in [0.2, 0.25) is 0 Å². The maximum absolute atomic E-state index is 6.00. The number of hydrogen-bond donors (Lipinski definition) is 0. The molecule has 3 aromatic rings. The Balaban J connectivity index is 1.45. The van der Waals surface area contributed by atoms with Crippen LogP contribution in [-0.4, -0.2) is 6.61 Å². The molecule has 0 unspecified atom stereocenters. The quantitative estimate of drug-likeness (QED) is 0.665. The summed E-state index contributed by atoms with van der Waals surface area (Å²) in [6.45, 7) is 1.23. The van der Waals surface area contributed by atoms with Gasteiger partial charge in [-0.05, 0) is 46.9 Å². The lowest BCUT2D eigenvalue weighted by Crippen LogP contribution is -2.08. The molecule has 1 aliphatic heterocycles. The van der Waals surface area contributed by atoms with Crippen molar-refractivity contribution in [3.8, 4) is 11.5 Å². The van der Waals surface area contributed by atoms with Gasteiger partial charge >= 0.3 is 0 Å². The summed E-state index contributed by atoms with van der Waals surface area (Å²) in [6.07, 6.45) is 0.976. The van der Waals surface area contributed by atoms with Crippen LogP contribution in [0.25, 0.3) is 11.1 Å². The van der Waals surface area contributed by atoms with Gasteiger partial charge in [-0.2, -0.15) is 0 Å². The standard InChI is InChI=1S/C23H18O2/c1-2-6-16(7-3-1)14-24-18-11-10-17-12-21-19-8-4-5-9-23(19)25-15-22(21)20(17)13-18/h1-11,13H,12,14-15H2. The number of hydrogen-bond acceptors (Lipinski definition) is 2. The lowest BCUT2D eigenvalue weighted by atomic mass is 9.98. The highest BCUT2D eigenvalue weighted by Gasteiger charge is 2.28. The van der Waals surface area contributed by atoms with Crippen LogP contribution in [0.3, 0.4) is 0 Å². The molecule has 0 radical (unpaired) electrons. The summed E-state index contributed by atoms with van der Waals surface area (Å²) in [7, 11) is 0. The molecule has 2 aliphatic rings. The second-order valence-corrected chi connectivity index (χ2v) is 6.51. The first-order chi connectivity index (χ1) is 12.4. The molecule has 0 saturated heterocycles. The zero-order valence-corrected chi connectivity index (χ0v) is 13.9. The molecule has 1 aliphatic carbocycles. The molecular formula is C23H18O2. The number of allylic oxidation sites excluding steroid dienone is 1. The van der Waals surface area contributed by atoms with Crippen molar-refractivity contribution >= 4 is 11.1 Å². The van der Waals surface area contributed by atoms with Crippen LogP contribution in [-0.2, 0) is 13.0 Å².